The average molecular weight is 422 g/mol. The van der Waals surface area contributed by atoms with Crippen LogP contribution in [0.1, 0.15) is 28.9 Å². The Morgan fingerprint density at radius 3 is 2.48 bits per heavy atom. The highest BCUT2D eigenvalue weighted by Crippen LogP contribution is 2.27. The van der Waals surface area contributed by atoms with Crippen molar-refractivity contribution in [3.8, 4) is 17.0 Å². The van der Waals surface area contributed by atoms with E-state index in [1.165, 1.54) is 6.07 Å². The van der Waals surface area contributed by atoms with E-state index in [1.807, 2.05) is 48.9 Å². The Labute approximate surface area is 180 Å². The number of rotatable bonds is 5. The van der Waals surface area contributed by atoms with Crippen molar-refractivity contribution in [3.63, 3.8) is 0 Å². The molecule has 0 radical (unpaired) electrons. The summed E-state index contributed by atoms with van der Waals surface area (Å²) in [7, 11) is 3.62. The van der Waals surface area contributed by atoms with Crippen LogP contribution in [0.5, 0.6) is 5.75 Å². The van der Waals surface area contributed by atoms with Gasteiger partial charge >= 0.3 is 0 Å². The average Bonchev–Trinajstić information content (AvgIpc) is 3.09. The molecule has 0 aliphatic carbocycles. The van der Waals surface area contributed by atoms with Gasteiger partial charge in [0.05, 0.1) is 12.7 Å². The lowest BCUT2D eigenvalue weighted by Crippen LogP contribution is -2.45. The molecule has 4 rings (SSSR count). The largest absolute Gasteiger partial charge is 0.497 e. The molecule has 2 aromatic heterocycles. The highest BCUT2D eigenvalue weighted by atomic mass is 16.5. The fourth-order valence-electron chi connectivity index (χ4n) is 4.00. The van der Waals surface area contributed by atoms with Crippen LogP contribution >= 0.6 is 0 Å². The van der Waals surface area contributed by atoms with Gasteiger partial charge in [-0.15, -0.1) is 0 Å². The van der Waals surface area contributed by atoms with Gasteiger partial charge in [0.15, 0.2) is 0 Å². The molecular formula is C23H27N5O3. The van der Waals surface area contributed by atoms with Gasteiger partial charge in [0, 0.05) is 43.6 Å². The van der Waals surface area contributed by atoms with Crippen molar-refractivity contribution in [2.45, 2.75) is 25.8 Å². The molecule has 31 heavy (non-hydrogen) atoms. The van der Waals surface area contributed by atoms with Crippen LogP contribution in [0.4, 0.5) is 5.82 Å². The Kier molecular flexibility index (Phi) is 5.79. The van der Waals surface area contributed by atoms with Crippen LogP contribution in [0, 0.1) is 6.92 Å². The van der Waals surface area contributed by atoms with Gasteiger partial charge in [-0.05, 0) is 61.7 Å². The fourth-order valence-corrected chi connectivity index (χ4v) is 4.00. The summed E-state index contributed by atoms with van der Waals surface area (Å²) in [5.74, 6) is 1.51. The van der Waals surface area contributed by atoms with Gasteiger partial charge in [0.25, 0.3) is 11.5 Å². The first-order chi connectivity index (χ1) is 15.0. The minimum Gasteiger partial charge on any atom is -0.497 e. The van der Waals surface area contributed by atoms with Gasteiger partial charge < -0.3 is 19.5 Å². The predicted octanol–water partition coefficient (Wildman–Crippen LogP) is 2.49. The van der Waals surface area contributed by atoms with Crippen molar-refractivity contribution in [1.29, 1.82) is 0 Å². The van der Waals surface area contributed by atoms with E-state index in [1.54, 1.807) is 13.2 Å². The van der Waals surface area contributed by atoms with Crippen LogP contribution in [-0.4, -0.2) is 46.9 Å². The number of nitrogens with one attached hydrogen (secondary N) is 2. The zero-order valence-corrected chi connectivity index (χ0v) is 18.0. The summed E-state index contributed by atoms with van der Waals surface area (Å²) in [5, 5.41) is 9.75. The van der Waals surface area contributed by atoms with E-state index in [0.29, 0.717) is 5.56 Å². The number of amides is 1. The highest BCUT2D eigenvalue weighted by Gasteiger charge is 2.24. The molecule has 1 saturated heterocycles. The van der Waals surface area contributed by atoms with Gasteiger partial charge in [-0.2, -0.15) is 5.10 Å². The lowest BCUT2D eigenvalue weighted by atomic mass is 10.0. The molecule has 1 fully saturated rings. The number of hydrogen-bond donors (Lipinski definition) is 2. The van der Waals surface area contributed by atoms with E-state index in [-0.39, 0.29) is 17.5 Å². The van der Waals surface area contributed by atoms with Gasteiger partial charge in [0.1, 0.15) is 11.6 Å². The van der Waals surface area contributed by atoms with E-state index in [9.17, 15) is 9.59 Å². The third-order valence-corrected chi connectivity index (χ3v) is 5.98. The predicted molar refractivity (Wildman–Crippen MR) is 120 cm³/mol. The molecule has 1 aliphatic rings. The number of hydrogen-bond acceptors (Lipinski definition) is 5. The zero-order chi connectivity index (χ0) is 22.0. The summed E-state index contributed by atoms with van der Waals surface area (Å²) >= 11 is 0. The molecule has 1 aromatic carbocycles. The second-order valence-corrected chi connectivity index (χ2v) is 7.83. The first-order valence-electron chi connectivity index (χ1n) is 10.4. The van der Waals surface area contributed by atoms with Crippen LogP contribution in [0.25, 0.3) is 11.3 Å². The van der Waals surface area contributed by atoms with Gasteiger partial charge in [-0.3, -0.25) is 9.59 Å². The normalized spacial score (nSPS) is 14.5. The Morgan fingerprint density at radius 2 is 1.87 bits per heavy atom. The Morgan fingerprint density at radius 1 is 1.16 bits per heavy atom. The minimum absolute atomic E-state index is 0.0477. The number of anilines is 1. The van der Waals surface area contributed by atoms with Crippen LogP contribution in [-0.2, 0) is 7.05 Å². The van der Waals surface area contributed by atoms with Gasteiger partial charge in [0.2, 0.25) is 0 Å². The number of carbonyl (C=O) groups is 1. The number of carbonyl (C=O) groups excluding carboxylic acids is 1. The minimum atomic E-state index is -0.210. The molecule has 0 bridgehead atoms. The van der Waals surface area contributed by atoms with Crippen molar-refractivity contribution < 1.29 is 9.53 Å². The van der Waals surface area contributed by atoms with Crippen molar-refractivity contribution in [1.82, 2.24) is 20.1 Å². The molecule has 1 aliphatic heterocycles. The summed E-state index contributed by atoms with van der Waals surface area (Å²) < 4.78 is 7.28. The van der Waals surface area contributed by atoms with E-state index in [0.717, 1.165) is 54.4 Å². The smallest absolute Gasteiger partial charge is 0.264 e. The van der Waals surface area contributed by atoms with E-state index in [2.05, 4.69) is 20.4 Å². The molecule has 8 nitrogen and oxygen atoms in total. The molecule has 3 aromatic rings. The Balaban J connectivity index is 1.42. The number of benzene rings is 1. The molecular weight excluding hydrogens is 394 g/mol. The third kappa shape index (κ3) is 4.33. The summed E-state index contributed by atoms with van der Waals surface area (Å²) in [4.78, 5) is 26.3. The Bertz CT molecular complexity index is 1100. The molecule has 0 atom stereocenters. The lowest BCUT2D eigenvalue weighted by Gasteiger charge is -2.32. The molecule has 162 valence electrons. The molecule has 3 heterocycles. The molecule has 1 amide bonds. The number of aromatic amines is 1. The van der Waals surface area contributed by atoms with Crippen LogP contribution < -0.4 is 20.5 Å². The van der Waals surface area contributed by atoms with Gasteiger partial charge in [-0.25, -0.2) is 5.10 Å². The molecule has 2 N–H and O–H groups in total. The maximum atomic E-state index is 13.0. The molecule has 8 heteroatoms. The molecule has 0 saturated carbocycles. The quantitative estimate of drug-likeness (QED) is 0.660. The lowest BCUT2D eigenvalue weighted by molar-refractivity contribution is 0.0930. The topological polar surface area (TPSA) is 92.2 Å². The summed E-state index contributed by atoms with van der Waals surface area (Å²) in [6.45, 7) is 3.51. The van der Waals surface area contributed by atoms with E-state index in [4.69, 9.17) is 4.74 Å². The highest BCUT2D eigenvalue weighted by molar-refractivity contribution is 5.97. The van der Waals surface area contributed by atoms with Crippen molar-refractivity contribution in [2.75, 3.05) is 25.1 Å². The zero-order valence-electron chi connectivity index (χ0n) is 18.0. The van der Waals surface area contributed by atoms with Crippen LogP contribution in [0.15, 0.2) is 47.3 Å². The third-order valence-electron chi connectivity index (χ3n) is 5.98. The van der Waals surface area contributed by atoms with Crippen LogP contribution in [0.2, 0.25) is 0 Å². The first-order valence-corrected chi connectivity index (χ1v) is 10.4. The van der Waals surface area contributed by atoms with Crippen molar-refractivity contribution in [3.05, 3.63) is 64.1 Å². The molecule has 0 unspecified atom stereocenters. The van der Waals surface area contributed by atoms with Crippen LogP contribution in [0.3, 0.4) is 0 Å². The number of aromatic nitrogens is 3. The summed E-state index contributed by atoms with van der Waals surface area (Å²) in [6.07, 6.45) is 1.65. The number of ether oxygens (including phenoxy) is 1. The number of nitrogens with zero attached hydrogens (tertiary/aromatic N) is 3. The monoisotopic (exact) mass is 421 g/mol. The van der Waals surface area contributed by atoms with Crippen molar-refractivity contribution >= 4 is 11.7 Å². The summed E-state index contributed by atoms with van der Waals surface area (Å²) in [6, 6.07) is 13.1. The second kappa shape index (κ2) is 8.67. The second-order valence-electron chi connectivity index (χ2n) is 7.83. The van der Waals surface area contributed by atoms with Crippen molar-refractivity contribution in [2.24, 2.45) is 7.05 Å². The number of piperidine rings is 1. The maximum Gasteiger partial charge on any atom is 0.264 e. The number of H-pyrrole nitrogens is 1. The molecule has 0 spiro atoms. The Hall–Kier alpha value is -3.55. The maximum absolute atomic E-state index is 13.0. The SMILES string of the molecule is COc1ccc(-c2cc(C(=O)NC3CCN(c4ccc(=O)[nH]n4)CC3)c(C)n2C)cc1. The van der Waals surface area contributed by atoms with Gasteiger partial charge in [-0.1, -0.05) is 0 Å². The fraction of sp³-hybridized carbons (Fsp3) is 0.348. The summed E-state index contributed by atoms with van der Waals surface area (Å²) in [5.41, 5.74) is 3.44. The standard InChI is InChI=1S/C23H27N5O3/c1-15-19(14-20(27(15)2)16-4-6-18(31-3)7-5-16)23(30)24-17-10-12-28(13-11-17)21-8-9-22(29)26-25-21/h4-9,14,17H,10-13H2,1-3H3,(H,24,30)(H,26,29). The van der Waals surface area contributed by atoms with E-state index >= 15 is 0 Å². The first kappa shape index (κ1) is 20.7. The van der Waals surface area contributed by atoms with E-state index < -0.39 is 0 Å². The number of methoxy groups -OCH3 is 1.